The molecule has 0 amide bonds. The monoisotopic (exact) mass is 242 g/mol. The number of carboxylic acids is 1. The van der Waals surface area contributed by atoms with Gasteiger partial charge in [0.2, 0.25) is 0 Å². The van der Waals surface area contributed by atoms with Crippen molar-refractivity contribution >= 4 is 22.4 Å². The van der Waals surface area contributed by atoms with Crippen LogP contribution in [0.3, 0.4) is 0 Å². The molecule has 2 N–H and O–H groups in total. The van der Waals surface area contributed by atoms with E-state index in [0.717, 1.165) is 17.2 Å². The average Bonchev–Trinajstić information content (AvgIpc) is 2.62. The van der Waals surface area contributed by atoms with E-state index in [1.807, 2.05) is 19.2 Å². The number of anilines is 1. The zero-order valence-corrected chi connectivity index (χ0v) is 10.7. The molecule has 0 aliphatic rings. The largest absolute Gasteiger partial charge is 0.481 e. The van der Waals surface area contributed by atoms with Gasteiger partial charge in [0.15, 0.2) is 5.13 Å². The van der Waals surface area contributed by atoms with E-state index in [2.05, 4.69) is 17.2 Å². The fourth-order valence-corrected chi connectivity index (χ4v) is 2.27. The number of carbonyl (C=O) groups is 1. The maximum absolute atomic E-state index is 10.5. The molecule has 0 spiro atoms. The van der Waals surface area contributed by atoms with Crippen molar-refractivity contribution in [3.05, 3.63) is 11.1 Å². The minimum atomic E-state index is -0.761. The summed E-state index contributed by atoms with van der Waals surface area (Å²) in [5.41, 5.74) is 0.836. The highest BCUT2D eigenvalue weighted by atomic mass is 32.1. The van der Waals surface area contributed by atoms with Gasteiger partial charge in [0.1, 0.15) is 0 Å². The Hall–Kier alpha value is -1.10. The Morgan fingerprint density at radius 1 is 1.62 bits per heavy atom. The van der Waals surface area contributed by atoms with Gasteiger partial charge in [-0.25, -0.2) is 4.98 Å². The predicted octanol–water partition coefficient (Wildman–Crippen LogP) is 2.76. The second-order valence-electron chi connectivity index (χ2n) is 4.40. The van der Waals surface area contributed by atoms with Crippen LogP contribution in [0.1, 0.15) is 39.3 Å². The van der Waals surface area contributed by atoms with E-state index in [9.17, 15) is 4.79 Å². The van der Waals surface area contributed by atoms with Gasteiger partial charge in [0, 0.05) is 17.3 Å². The Balaban J connectivity index is 2.54. The lowest BCUT2D eigenvalue weighted by Gasteiger charge is -2.25. The van der Waals surface area contributed by atoms with E-state index in [4.69, 9.17) is 5.11 Å². The Morgan fingerprint density at radius 3 is 2.81 bits per heavy atom. The van der Waals surface area contributed by atoms with E-state index >= 15 is 0 Å². The molecule has 0 aliphatic heterocycles. The number of nitrogens with zero attached hydrogens (tertiary/aromatic N) is 1. The smallest absolute Gasteiger partial charge is 0.303 e. The van der Waals surface area contributed by atoms with Crippen LogP contribution in [-0.2, 0) is 11.2 Å². The third kappa shape index (κ3) is 4.18. The fourth-order valence-electron chi connectivity index (χ4n) is 1.30. The number of thiazole rings is 1. The number of aliphatic carboxylic acids is 1. The zero-order chi connectivity index (χ0) is 12.2. The van der Waals surface area contributed by atoms with E-state index in [-0.39, 0.29) is 12.0 Å². The number of hydrogen-bond acceptors (Lipinski definition) is 4. The van der Waals surface area contributed by atoms with Crippen LogP contribution < -0.4 is 5.32 Å². The molecule has 0 saturated heterocycles. The molecular formula is C11H18N2O2S. The SMILES string of the molecule is CCc1csc(NC(C)(C)CCC(=O)O)n1. The molecule has 1 aromatic rings. The first-order chi connectivity index (χ1) is 7.43. The zero-order valence-electron chi connectivity index (χ0n) is 9.91. The van der Waals surface area contributed by atoms with Gasteiger partial charge in [-0.1, -0.05) is 6.92 Å². The van der Waals surface area contributed by atoms with Gasteiger partial charge in [-0.3, -0.25) is 4.79 Å². The first-order valence-corrected chi connectivity index (χ1v) is 6.25. The molecule has 0 radical (unpaired) electrons. The summed E-state index contributed by atoms with van der Waals surface area (Å²) in [6, 6.07) is 0. The maximum Gasteiger partial charge on any atom is 0.303 e. The minimum absolute atomic E-state index is 0.173. The van der Waals surface area contributed by atoms with Gasteiger partial charge in [-0.2, -0.15) is 0 Å². The Labute approximate surface area is 99.7 Å². The van der Waals surface area contributed by atoms with Crippen LogP contribution in [0.2, 0.25) is 0 Å². The first-order valence-electron chi connectivity index (χ1n) is 5.37. The number of hydrogen-bond donors (Lipinski definition) is 2. The van der Waals surface area contributed by atoms with Gasteiger partial charge >= 0.3 is 5.97 Å². The molecule has 0 unspecified atom stereocenters. The Morgan fingerprint density at radius 2 is 2.31 bits per heavy atom. The van der Waals surface area contributed by atoms with Crippen molar-refractivity contribution in [2.45, 2.75) is 45.6 Å². The second kappa shape index (κ2) is 5.30. The topological polar surface area (TPSA) is 62.2 Å². The molecule has 1 aromatic heterocycles. The lowest BCUT2D eigenvalue weighted by atomic mass is 9.99. The molecule has 4 nitrogen and oxygen atoms in total. The average molecular weight is 242 g/mol. The molecule has 0 aliphatic carbocycles. The van der Waals surface area contributed by atoms with Crippen molar-refractivity contribution in [2.24, 2.45) is 0 Å². The van der Waals surface area contributed by atoms with Crippen LogP contribution >= 0.6 is 11.3 Å². The second-order valence-corrected chi connectivity index (χ2v) is 5.26. The van der Waals surface area contributed by atoms with Crippen molar-refractivity contribution in [1.29, 1.82) is 0 Å². The minimum Gasteiger partial charge on any atom is -0.481 e. The van der Waals surface area contributed by atoms with Crippen LogP contribution in [0.25, 0.3) is 0 Å². The van der Waals surface area contributed by atoms with Crippen molar-refractivity contribution in [3.63, 3.8) is 0 Å². The third-order valence-electron chi connectivity index (χ3n) is 2.32. The van der Waals surface area contributed by atoms with Gasteiger partial charge < -0.3 is 10.4 Å². The van der Waals surface area contributed by atoms with Crippen LogP contribution in [0.4, 0.5) is 5.13 Å². The predicted molar refractivity (Wildman–Crippen MR) is 66.1 cm³/mol. The van der Waals surface area contributed by atoms with Gasteiger partial charge in [0.05, 0.1) is 5.69 Å². The summed E-state index contributed by atoms with van der Waals surface area (Å²) in [6.07, 6.45) is 1.68. The van der Waals surface area contributed by atoms with Crippen LogP contribution in [0.5, 0.6) is 0 Å². The number of aryl methyl sites for hydroxylation is 1. The van der Waals surface area contributed by atoms with Crippen molar-refractivity contribution in [2.75, 3.05) is 5.32 Å². The van der Waals surface area contributed by atoms with Crippen LogP contribution in [0.15, 0.2) is 5.38 Å². The highest BCUT2D eigenvalue weighted by Crippen LogP contribution is 2.23. The molecule has 0 atom stereocenters. The summed E-state index contributed by atoms with van der Waals surface area (Å²) in [5, 5.41) is 14.8. The summed E-state index contributed by atoms with van der Waals surface area (Å²) in [6.45, 7) is 6.04. The summed E-state index contributed by atoms with van der Waals surface area (Å²) in [7, 11) is 0. The molecule has 0 saturated carbocycles. The number of carboxylic acid groups (broad SMARTS) is 1. The summed E-state index contributed by atoms with van der Waals surface area (Å²) < 4.78 is 0. The Kier molecular flexibility index (Phi) is 4.29. The van der Waals surface area contributed by atoms with Gasteiger partial charge in [0.25, 0.3) is 0 Å². The summed E-state index contributed by atoms with van der Waals surface area (Å²) >= 11 is 1.57. The summed E-state index contributed by atoms with van der Waals surface area (Å²) in [5.74, 6) is -0.761. The lowest BCUT2D eigenvalue weighted by Crippen LogP contribution is -2.31. The van der Waals surface area contributed by atoms with E-state index in [1.54, 1.807) is 11.3 Å². The number of nitrogens with one attached hydrogen (secondary N) is 1. The molecular weight excluding hydrogens is 224 g/mol. The fraction of sp³-hybridized carbons (Fsp3) is 0.636. The normalized spacial score (nSPS) is 11.4. The number of aromatic nitrogens is 1. The van der Waals surface area contributed by atoms with E-state index < -0.39 is 5.97 Å². The molecule has 5 heteroatoms. The van der Waals surface area contributed by atoms with E-state index in [0.29, 0.717) is 6.42 Å². The van der Waals surface area contributed by atoms with Gasteiger partial charge in [-0.15, -0.1) is 11.3 Å². The highest BCUT2D eigenvalue weighted by molar-refractivity contribution is 7.13. The van der Waals surface area contributed by atoms with Crippen molar-refractivity contribution in [3.8, 4) is 0 Å². The van der Waals surface area contributed by atoms with Crippen molar-refractivity contribution in [1.82, 2.24) is 4.98 Å². The highest BCUT2D eigenvalue weighted by Gasteiger charge is 2.20. The number of rotatable bonds is 6. The first kappa shape index (κ1) is 13.0. The molecule has 0 aromatic carbocycles. The Bertz CT molecular complexity index is 361. The molecule has 90 valence electrons. The molecule has 0 bridgehead atoms. The van der Waals surface area contributed by atoms with Crippen LogP contribution in [-0.4, -0.2) is 21.6 Å². The molecule has 1 heterocycles. The standard InChI is InChI=1S/C11H18N2O2S/c1-4-8-7-16-10(12-8)13-11(2,3)6-5-9(14)15/h7H,4-6H2,1-3H3,(H,12,13)(H,14,15). The van der Waals surface area contributed by atoms with Gasteiger partial charge in [-0.05, 0) is 26.7 Å². The van der Waals surface area contributed by atoms with E-state index in [1.165, 1.54) is 0 Å². The molecule has 1 rings (SSSR count). The molecule has 16 heavy (non-hydrogen) atoms. The third-order valence-corrected chi connectivity index (χ3v) is 3.13. The quantitative estimate of drug-likeness (QED) is 0.805. The van der Waals surface area contributed by atoms with Crippen LogP contribution in [0, 0.1) is 0 Å². The lowest BCUT2D eigenvalue weighted by molar-refractivity contribution is -0.137. The maximum atomic E-state index is 10.5. The van der Waals surface area contributed by atoms with Crippen molar-refractivity contribution < 1.29 is 9.90 Å². The molecule has 0 fully saturated rings. The summed E-state index contributed by atoms with van der Waals surface area (Å²) in [4.78, 5) is 14.9.